The lowest BCUT2D eigenvalue weighted by molar-refractivity contribution is -0.384. The second-order valence-corrected chi connectivity index (χ2v) is 5.07. The van der Waals surface area contributed by atoms with Gasteiger partial charge in [-0.05, 0) is 25.3 Å². The zero-order chi connectivity index (χ0) is 14.7. The van der Waals surface area contributed by atoms with E-state index in [-0.39, 0.29) is 35.0 Å². The maximum atomic E-state index is 12.1. The molecule has 0 saturated heterocycles. The summed E-state index contributed by atoms with van der Waals surface area (Å²) in [6.45, 7) is 0. The molecular weight excluding hydrogens is 262 g/mol. The van der Waals surface area contributed by atoms with Gasteiger partial charge in [-0.3, -0.25) is 14.9 Å². The van der Waals surface area contributed by atoms with Crippen molar-refractivity contribution in [3.63, 3.8) is 0 Å². The molecule has 0 radical (unpaired) electrons. The number of carbonyl (C=O) groups is 1. The first-order valence-electron chi connectivity index (χ1n) is 6.51. The molecule has 7 heteroatoms. The number of phenols is 1. The van der Waals surface area contributed by atoms with E-state index in [9.17, 15) is 20.0 Å². The normalized spacial score (nSPS) is 22.2. The first-order valence-corrected chi connectivity index (χ1v) is 6.51. The van der Waals surface area contributed by atoms with Gasteiger partial charge in [0.05, 0.1) is 10.6 Å². The third-order valence-electron chi connectivity index (χ3n) is 3.53. The van der Waals surface area contributed by atoms with Gasteiger partial charge in [-0.15, -0.1) is 0 Å². The maximum absolute atomic E-state index is 12.1. The zero-order valence-electron chi connectivity index (χ0n) is 10.9. The smallest absolute Gasteiger partial charge is 0.271 e. The number of nitrogens with one attached hydrogen (secondary N) is 1. The van der Waals surface area contributed by atoms with Gasteiger partial charge in [0.25, 0.3) is 5.69 Å². The molecule has 1 saturated carbocycles. The van der Waals surface area contributed by atoms with Crippen molar-refractivity contribution < 1.29 is 14.8 Å². The van der Waals surface area contributed by atoms with Gasteiger partial charge >= 0.3 is 0 Å². The Hall–Kier alpha value is -2.15. The summed E-state index contributed by atoms with van der Waals surface area (Å²) < 4.78 is 0. The molecule has 2 unspecified atom stereocenters. The predicted molar refractivity (Wildman–Crippen MR) is 73.3 cm³/mol. The van der Waals surface area contributed by atoms with Crippen molar-refractivity contribution in [1.82, 2.24) is 0 Å². The molecule has 2 rings (SSSR count). The monoisotopic (exact) mass is 279 g/mol. The minimum absolute atomic E-state index is 0.0122. The van der Waals surface area contributed by atoms with Gasteiger partial charge in [0, 0.05) is 24.1 Å². The van der Waals surface area contributed by atoms with Crippen molar-refractivity contribution in [2.24, 2.45) is 11.7 Å². The van der Waals surface area contributed by atoms with Crippen LogP contribution in [-0.2, 0) is 4.79 Å². The van der Waals surface area contributed by atoms with Crippen molar-refractivity contribution in [3.8, 4) is 5.75 Å². The van der Waals surface area contributed by atoms with Crippen LogP contribution in [0.4, 0.5) is 11.4 Å². The van der Waals surface area contributed by atoms with E-state index in [1.165, 1.54) is 12.1 Å². The molecule has 108 valence electrons. The molecule has 0 spiro atoms. The molecule has 7 nitrogen and oxygen atoms in total. The van der Waals surface area contributed by atoms with Crippen LogP contribution in [0, 0.1) is 16.0 Å². The molecule has 20 heavy (non-hydrogen) atoms. The Balaban J connectivity index is 2.10. The second kappa shape index (κ2) is 5.87. The first-order chi connectivity index (χ1) is 9.47. The second-order valence-electron chi connectivity index (χ2n) is 5.07. The summed E-state index contributed by atoms with van der Waals surface area (Å²) in [5, 5.41) is 22.9. The standard InChI is InChI=1S/C13H17N3O4/c14-9-3-1-2-8(6-9)13(18)15-11-7-10(16(19)20)4-5-12(11)17/h4-5,7-9,17H,1-3,6,14H2,(H,15,18). The number of nitrogens with zero attached hydrogens (tertiary/aromatic N) is 1. The minimum atomic E-state index is -0.578. The molecule has 1 amide bonds. The number of phenolic OH excluding ortho intramolecular Hbond substituents is 1. The molecule has 2 atom stereocenters. The SMILES string of the molecule is NC1CCCC(C(=O)Nc2cc([N+](=O)[O-])ccc2O)C1. The van der Waals surface area contributed by atoms with Gasteiger partial charge in [-0.25, -0.2) is 0 Å². The number of hydrogen-bond donors (Lipinski definition) is 3. The molecule has 1 aromatic carbocycles. The highest BCUT2D eigenvalue weighted by atomic mass is 16.6. The lowest BCUT2D eigenvalue weighted by atomic mass is 9.85. The highest BCUT2D eigenvalue weighted by Crippen LogP contribution is 2.30. The third kappa shape index (κ3) is 3.24. The van der Waals surface area contributed by atoms with E-state index >= 15 is 0 Å². The summed E-state index contributed by atoms with van der Waals surface area (Å²) in [6.07, 6.45) is 3.14. The average Bonchev–Trinajstić information content (AvgIpc) is 2.41. The molecule has 0 bridgehead atoms. The van der Waals surface area contributed by atoms with E-state index in [4.69, 9.17) is 5.73 Å². The molecule has 1 fully saturated rings. The van der Waals surface area contributed by atoms with Crippen LogP contribution in [0.3, 0.4) is 0 Å². The number of hydrogen-bond acceptors (Lipinski definition) is 5. The van der Waals surface area contributed by atoms with Crippen molar-refractivity contribution in [2.75, 3.05) is 5.32 Å². The number of nitrogens with two attached hydrogens (primary N) is 1. The van der Waals surface area contributed by atoms with Crippen LogP contribution in [0.25, 0.3) is 0 Å². The molecule has 0 heterocycles. The van der Waals surface area contributed by atoms with Crippen molar-refractivity contribution in [2.45, 2.75) is 31.7 Å². The van der Waals surface area contributed by atoms with Crippen LogP contribution in [-0.4, -0.2) is 22.0 Å². The quantitative estimate of drug-likeness (QED) is 0.442. The summed E-state index contributed by atoms with van der Waals surface area (Å²) in [4.78, 5) is 22.2. The number of anilines is 1. The van der Waals surface area contributed by atoms with Gasteiger partial charge in [0.1, 0.15) is 5.75 Å². The summed E-state index contributed by atoms with van der Waals surface area (Å²) in [5.74, 6) is -0.655. The van der Waals surface area contributed by atoms with Gasteiger partial charge in [0.15, 0.2) is 0 Å². The molecule has 4 N–H and O–H groups in total. The lowest BCUT2D eigenvalue weighted by Crippen LogP contribution is -2.34. The van der Waals surface area contributed by atoms with Gasteiger partial charge < -0.3 is 16.2 Å². The van der Waals surface area contributed by atoms with E-state index in [0.29, 0.717) is 6.42 Å². The largest absolute Gasteiger partial charge is 0.506 e. The molecule has 1 aliphatic rings. The van der Waals surface area contributed by atoms with E-state index in [1.807, 2.05) is 0 Å². The van der Waals surface area contributed by atoms with Crippen LogP contribution < -0.4 is 11.1 Å². The average molecular weight is 279 g/mol. The van der Waals surface area contributed by atoms with Crippen LogP contribution in [0.1, 0.15) is 25.7 Å². The molecule has 0 aromatic heterocycles. The number of amides is 1. The fourth-order valence-corrected chi connectivity index (χ4v) is 2.44. The fraction of sp³-hybridized carbons (Fsp3) is 0.462. The minimum Gasteiger partial charge on any atom is -0.506 e. The Morgan fingerprint density at radius 2 is 2.20 bits per heavy atom. The van der Waals surface area contributed by atoms with Gasteiger partial charge in [-0.1, -0.05) is 6.42 Å². The maximum Gasteiger partial charge on any atom is 0.271 e. The Morgan fingerprint density at radius 3 is 2.85 bits per heavy atom. The van der Waals surface area contributed by atoms with Crippen molar-refractivity contribution in [1.29, 1.82) is 0 Å². The van der Waals surface area contributed by atoms with E-state index in [2.05, 4.69) is 5.32 Å². The lowest BCUT2D eigenvalue weighted by Gasteiger charge is -2.25. The van der Waals surface area contributed by atoms with Crippen LogP contribution >= 0.6 is 0 Å². The Morgan fingerprint density at radius 1 is 1.45 bits per heavy atom. The number of aromatic hydroxyl groups is 1. The first kappa shape index (κ1) is 14.3. The molecular formula is C13H17N3O4. The summed E-state index contributed by atoms with van der Waals surface area (Å²) in [5.41, 5.74) is 5.71. The Labute approximate surface area is 115 Å². The summed E-state index contributed by atoms with van der Waals surface area (Å²) >= 11 is 0. The number of carbonyl (C=O) groups excluding carboxylic acids is 1. The molecule has 1 aliphatic carbocycles. The topological polar surface area (TPSA) is 118 Å². The predicted octanol–water partition coefficient (Wildman–Crippen LogP) is 1.76. The van der Waals surface area contributed by atoms with E-state index < -0.39 is 4.92 Å². The summed E-state index contributed by atoms with van der Waals surface area (Å²) in [7, 11) is 0. The number of non-ortho nitro benzene ring substituents is 1. The molecule has 0 aliphatic heterocycles. The Kier molecular flexibility index (Phi) is 4.19. The van der Waals surface area contributed by atoms with Crippen LogP contribution in [0.15, 0.2) is 18.2 Å². The highest BCUT2D eigenvalue weighted by Gasteiger charge is 2.26. The highest BCUT2D eigenvalue weighted by molar-refractivity contribution is 5.94. The summed E-state index contributed by atoms with van der Waals surface area (Å²) in [6, 6.07) is 3.54. The van der Waals surface area contributed by atoms with Crippen LogP contribution in [0.2, 0.25) is 0 Å². The van der Waals surface area contributed by atoms with Crippen LogP contribution in [0.5, 0.6) is 5.75 Å². The zero-order valence-corrected chi connectivity index (χ0v) is 10.9. The fourth-order valence-electron chi connectivity index (χ4n) is 2.44. The number of rotatable bonds is 3. The van der Waals surface area contributed by atoms with E-state index in [1.54, 1.807) is 0 Å². The Bertz CT molecular complexity index is 532. The van der Waals surface area contributed by atoms with Crippen molar-refractivity contribution >= 4 is 17.3 Å². The number of nitro groups is 1. The number of nitro benzene ring substituents is 1. The van der Waals surface area contributed by atoms with Gasteiger partial charge in [-0.2, -0.15) is 0 Å². The van der Waals surface area contributed by atoms with E-state index in [0.717, 1.165) is 25.3 Å². The number of benzene rings is 1. The van der Waals surface area contributed by atoms with Crippen molar-refractivity contribution in [3.05, 3.63) is 28.3 Å². The van der Waals surface area contributed by atoms with Gasteiger partial charge in [0.2, 0.25) is 5.91 Å². The third-order valence-corrected chi connectivity index (χ3v) is 3.53. The molecule has 1 aromatic rings.